The van der Waals surface area contributed by atoms with Gasteiger partial charge in [0.2, 0.25) is 17.7 Å². The molecule has 0 aromatic carbocycles. The topological polar surface area (TPSA) is 357 Å². The van der Waals surface area contributed by atoms with Crippen molar-refractivity contribution in [1.29, 1.82) is 0 Å². The molecule has 0 aliphatic heterocycles. The first-order chi connectivity index (χ1) is 38.2. The molecule has 79 heavy (non-hydrogen) atoms. The van der Waals surface area contributed by atoms with Crippen LogP contribution in [-0.4, -0.2) is 309 Å². The van der Waals surface area contributed by atoms with Crippen molar-refractivity contribution in [2.24, 2.45) is 45.9 Å². The van der Waals surface area contributed by atoms with E-state index in [4.69, 9.17) is 45.9 Å². The Hall–Kier alpha value is -2.35. The number of amides is 3. The van der Waals surface area contributed by atoms with Gasteiger partial charge < -0.3 is 102 Å². The lowest BCUT2D eigenvalue weighted by Crippen LogP contribution is -2.43. The highest BCUT2D eigenvalue weighted by atomic mass is 16.2. The molecule has 0 aromatic heterocycles. The Morgan fingerprint density at radius 3 is 0.684 bits per heavy atom. The SMILES string of the molecule is CN(C)CC(=O)NCN(CCCN)CCCN(CCCN)CCCN.CN(C)CC(=O)NCN(CCCNCCCN)CCCN(CCCN)CCCN.CN(C)CC(=O)NCN(CCCNCCCN)CCCNCCCN. The quantitative estimate of drug-likeness (QED) is 0.0203. The minimum Gasteiger partial charge on any atom is -0.342 e. The Bertz CT molecular complexity index is 1230. The van der Waals surface area contributed by atoms with Crippen molar-refractivity contribution in [3.63, 3.8) is 0 Å². The average molecular weight is 1140 g/mol. The van der Waals surface area contributed by atoms with Gasteiger partial charge in [-0.05, 0) is 257 Å². The van der Waals surface area contributed by atoms with Crippen molar-refractivity contribution in [3.8, 4) is 0 Å². The fourth-order valence-electron chi connectivity index (χ4n) is 8.06. The van der Waals surface area contributed by atoms with Crippen molar-refractivity contribution in [2.45, 2.75) is 83.5 Å². The van der Waals surface area contributed by atoms with Crippen molar-refractivity contribution in [2.75, 3.05) is 252 Å². The summed E-state index contributed by atoms with van der Waals surface area (Å²) in [4.78, 5) is 53.1. The van der Waals surface area contributed by atoms with E-state index in [0.29, 0.717) is 46.2 Å². The highest BCUT2D eigenvalue weighted by molar-refractivity contribution is 5.78. The van der Waals surface area contributed by atoms with Gasteiger partial charge in [0.1, 0.15) is 0 Å². The van der Waals surface area contributed by atoms with Gasteiger partial charge in [-0.25, -0.2) is 0 Å². The molecule has 0 aliphatic carbocycles. The van der Waals surface area contributed by atoms with Gasteiger partial charge in [-0.2, -0.15) is 0 Å². The fourth-order valence-corrected chi connectivity index (χ4v) is 8.06. The van der Waals surface area contributed by atoms with Crippen molar-refractivity contribution in [1.82, 2.24) is 71.1 Å². The third kappa shape index (κ3) is 63.1. The van der Waals surface area contributed by atoms with Gasteiger partial charge in [0, 0.05) is 39.3 Å². The summed E-state index contributed by atoms with van der Waals surface area (Å²) in [5.74, 6) is 0.181. The fraction of sp³-hybridized carbons (Fsp3) is 0.944. The summed E-state index contributed by atoms with van der Waals surface area (Å²) in [7, 11) is 11.4. The molecule has 474 valence electrons. The van der Waals surface area contributed by atoms with Gasteiger partial charge >= 0.3 is 0 Å². The zero-order chi connectivity index (χ0) is 59.4. The number of nitrogens with one attached hydrogen (secondary N) is 6. The molecule has 0 aromatic rings. The summed E-state index contributed by atoms with van der Waals surface area (Å²) in [6, 6.07) is 0. The second kappa shape index (κ2) is 63.2. The van der Waals surface area contributed by atoms with Gasteiger partial charge in [0.25, 0.3) is 0 Å². The van der Waals surface area contributed by atoms with Crippen LogP contribution in [0, 0.1) is 0 Å². The van der Waals surface area contributed by atoms with Gasteiger partial charge in [-0.3, -0.25) is 29.1 Å². The first-order valence-electron chi connectivity index (χ1n) is 30.2. The number of carbonyl (C=O) groups excluding carboxylic acids is 3. The number of nitrogens with two attached hydrogens (primary N) is 8. The Kier molecular flexibility index (Phi) is 64.7. The van der Waals surface area contributed by atoms with E-state index in [1.54, 1.807) is 0 Å². The van der Waals surface area contributed by atoms with E-state index in [1.807, 2.05) is 57.0 Å². The molecule has 0 spiro atoms. The van der Waals surface area contributed by atoms with E-state index in [-0.39, 0.29) is 17.7 Å². The molecule has 3 amide bonds. The predicted molar refractivity (Wildman–Crippen MR) is 333 cm³/mol. The highest BCUT2D eigenvalue weighted by Crippen LogP contribution is 2.02. The molecule has 0 saturated heterocycles. The molecule has 0 bridgehead atoms. The molecule has 22 N–H and O–H groups in total. The van der Waals surface area contributed by atoms with Crippen LogP contribution in [-0.2, 0) is 14.4 Å². The van der Waals surface area contributed by atoms with Crippen molar-refractivity contribution in [3.05, 3.63) is 0 Å². The predicted octanol–water partition coefficient (Wildman–Crippen LogP) is -4.12. The third-order valence-electron chi connectivity index (χ3n) is 12.3. The van der Waals surface area contributed by atoms with Crippen LogP contribution in [0.2, 0.25) is 0 Å². The number of hydrogen-bond donors (Lipinski definition) is 14. The Morgan fingerprint density at radius 2 is 0.456 bits per heavy atom. The monoisotopic (exact) mass is 1140 g/mol. The van der Waals surface area contributed by atoms with E-state index in [0.717, 1.165) is 247 Å². The summed E-state index contributed by atoms with van der Waals surface area (Å²) >= 11 is 0. The summed E-state index contributed by atoms with van der Waals surface area (Å²) in [6.45, 7) is 26.5. The summed E-state index contributed by atoms with van der Waals surface area (Å²) < 4.78 is 0. The lowest BCUT2D eigenvalue weighted by atomic mass is 10.2. The van der Waals surface area contributed by atoms with Crippen LogP contribution in [0.15, 0.2) is 0 Å². The first-order valence-corrected chi connectivity index (χ1v) is 30.2. The van der Waals surface area contributed by atoms with Crippen LogP contribution < -0.4 is 77.8 Å². The largest absolute Gasteiger partial charge is 0.342 e. The maximum absolute atomic E-state index is 12.0. The maximum atomic E-state index is 12.0. The van der Waals surface area contributed by atoms with E-state index in [1.165, 1.54) is 0 Å². The number of likely N-dealkylation sites (N-methyl/N-ethyl adjacent to an activating group) is 3. The highest BCUT2D eigenvalue weighted by Gasteiger charge is 2.13. The lowest BCUT2D eigenvalue weighted by molar-refractivity contribution is -0.123. The van der Waals surface area contributed by atoms with Gasteiger partial charge in [0.15, 0.2) is 0 Å². The molecule has 0 heterocycles. The van der Waals surface area contributed by atoms with E-state index in [2.05, 4.69) is 56.4 Å². The molecule has 0 radical (unpaired) electrons. The second-order valence-corrected chi connectivity index (χ2v) is 21.2. The Balaban J connectivity index is -0.00000110. The van der Waals surface area contributed by atoms with Crippen molar-refractivity contribution >= 4 is 17.7 Å². The van der Waals surface area contributed by atoms with Crippen LogP contribution >= 0.6 is 0 Å². The number of carbonyl (C=O) groups is 3. The van der Waals surface area contributed by atoms with Gasteiger partial charge in [-0.1, -0.05) is 0 Å². The molecule has 0 fully saturated rings. The van der Waals surface area contributed by atoms with Gasteiger partial charge in [-0.15, -0.1) is 0 Å². The van der Waals surface area contributed by atoms with Crippen LogP contribution in [0.5, 0.6) is 0 Å². The Morgan fingerprint density at radius 1 is 0.266 bits per heavy atom. The summed E-state index contributed by atoms with van der Waals surface area (Å²) in [6.07, 6.45) is 13.3. The summed E-state index contributed by atoms with van der Waals surface area (Å²) in [5.41, 5.74) is 44.7. The van der Waals surface area contributed by atoms with Gasteiger partial charge in [0.05, 0.1) is 39.6 Å². The molecule has 0 rings (SSSR count). The smallest absolute Gasteiger partial charge is 0.235 e. The molecule has 0 aliphatic rings. The number of hydrogen-bond acceptors (Lipinski definition) is 22. The average Bonchev–Trinajstić information content (AvgIpc) is 3.41. The second-order valence-electron chi connectivity index (χ2n) is 21.2. The molecular weight excluding hydrogens is 1000 g/mol. The zero-order valence-electron chi connectivity index (χ0n) is 51.7. The lowest BCUT2D eigenvalue weighted by Gasteiger charge is -2.26. The van der Waals surface area contributed by atoms with Crippen LogP contribution in [0.25, 0.3) is 0 Å². The normalized spacial score (nSPS) is 11.6. The third-order valence-corrected chi connectivity index (χ3v) is 12.3. The number of nitrogens with zero attached hydrogens (tertiary/aromatic N) is 8. The number of rotatable bonds is 56. The first kappa shape index (κ1) is 80.9. The molecule has 25 heteroatoms. The Labute approximate surface area is 483 Å². The van der Waals surface area contributed by atoms with E-state index in [9.17, 15) is 14.4 Å². The van der Waals surface area contributed by atoms with Crippen LogP contribution in [0.3, 0.4) is 0 Å². The van der Waals surface area contributed by atoms with Crippen LogP contribution in [0.4, 0.5) is 0 Å². The van der Waals surface area contributed by atoms with E-state index < -0.39 is 0 Å². The molecule has 0 unspecified atom stereocenters. The molecule has 25 nitrogen and oxygen atoms in total. The molecule has 0 saturated carbocycles. The molecular formula is C54H130N22O3. The molecule has 0 atom stereocenters. The van der Waals surface area contributed by atoms with E-state index >= 15 is 0 Å². The standard InChI is InChI=1S/C20H48N8O.2C17H41N7O/c1-26(2)18-20(29)25-19-28(15-6-12-24-11-3-8-21)17-7-16-27(13-4-9-22)14-5-10-23;1-22(2)15-17(25)21-16-24(12-5-9-20)14-6-13-23(10-3-7-18)11-4-8-19;1-23(2)15-17(25)22-16-24(13-5-11-20-9-3-7-18)14-6-12-21-10-4-8-19/h24H,3-19,21-23H2,1-2H3,(H,25,29);3-16,18-20H2,1-2H3,(H,21,25);20-21H,3-16,18-19H2,1-2H3,(H,22,25). The minimum atomic E-state index is 0.0512. The van der Waals surface area contributed by atoms with Crippen molar-refractivity contribution < 1.29 is 14.4 Å². The maximum Gasteiger partial charge on any atom is 0.235 e. The minimum absolute atomic E-state index is 0.0512. The zero-order valence-corrected chi connectivity index (χ0v) is 51.7. The van der Waals surface area contributed by atoms with Crippen LogP contribution in [0.1, 0.15) is 83.5 Å². The summed E-state index contributed by atoms with van der Waals surface area (Å²) in [5, 5.41) is 19.3.